The third-order valence-electron chi connectivity index (χ3n) is 2.47. The van der Waals surface area contributed by atoms with E-state index in [1.54, 1.807) is 6.20 Å². The van der Waals surface area contributed by atoms with Gasteiger partial charge in [-0.15, -0.1) is 0 Å². The number of aromatic nitrogens is 3. The summed E-state index contributed by atoms with van der Waals surface area (Å²) in [4.78, 5) is 4.38. The van der Waals surface area contributed by atoms with Crippen LogP contribution < -0.4 is 11.1 Å². The number of nitrogens with two attached hydrogens (primary N) is 1. The van der Waals surface area contributed by atoms with Crippen molar-refractivity contribution in [3.05, 3.63) is 36.3 Å². The second kappa shape index (κ2) is 4.86. The summed E-state index contributed by atoms with van der Waals surface area (Å²) >= 11 is 0. The number of rotatable bonds is 4. The van der Waals surface area contributed by atoms with Gasteiger partial charge in [-0.25, -0.2) is 4.98 Å². The molecule has 90 valence electrons. The average Bonchev–Trinajstić information content (AvgIpc) is 2.76. The average molecular weight is 231 g/mol. The van der Waals surface area contributed by atoms with E-state index in [9.17, 15) is 0 Å². The predicted molar refractivity (Wildman–Crippen MR) is 68.7 cm³/mol. The topological polar surface area (TPSA) is 68.8 Å². The molecule has 5 nitrogen and oxygen atoms in total. The number of anilines is 2. The van der Waals surface area contributed by atoms with Crippen LogP contribution >= 0.6 is 0 Å². The third-order valence-corrected chi connectivity index (χ3v) is 2.47. The smallest absolute Gasteiger partial charge is 0.149 e. The first-order chi connectivity index (χ1) is 8.15. The molecule has 0 aliphatic heterocycles. The Morgan fingerprint density at radius 1 is 1.47 bits per heavy atom. The minimum absolute atomic E-state index is 0.214. The van der Waals surface area contributed by atoms with Gasteiger partial charge in [-0.3, -0.25) is 4.68 Å². The largest absolute Gasteiger partial charge is 0.396 e. The minimum atomic E-state index is 0.214. The van der Waals surface area contributed by atoms with Crippen LogP contribution in [0, 0.1) is 6.92 Å². The first kappa shape index (κ1) is 11.4. The summed E-state index contributed by atoms with van der Waals surface area (Å²) in [6, 6.07) is 5.89. The Morgan fingerprint density at radius 3 is 3.00 bits per heavy atom. The predicted octanol–water partition coefficient (Wildman–Crippen LogP) is 1.67. The van der Waals surface area contributed by atoms with Crippen molar-refractivity contribution in [3.8, 4) is 0 Å². The molecule has 2 aromatic rings. The van der Waals surface area contributed by atoms with Gasteiger partial charge in [-0.2, -0.15) is 5.10 Å². The van der Waals surface area contributed by atoms with Crippen molar-refractivity contribution in [2.45, 2.75) is 26.4 Å². The molecule has 0 aromatic carbocycles. The van der Waals surface area contributed by atoms with Gasteiger partial charge in [0.1, 0.15) is 5.82 Å². The van der Waals surface area contributed by atoms with E-state index in [0.717, 1.165) is 18.1 Å². The maximum atomic E-state index is 5.86. The fourth-order valence-corrected chi connectivity index (χ4v) is 1.65. The summed E-state index contributed by atoms with van der Waals surface area (Å²) in [6.07, 6.45) is 3.71. The van der Waals surface area contributed by atoms with Gasteiger partial charge < -0.3 is 11.1 Å². The molecule has 3 N–H and O–H groups in total. The van der Waals surface area contributed by atoms with Crippen molar-refractivity contribution in [2.75, 3.05) is 11.1 Å². The van der Waals surface area contributed by atoms with Crippen LogP contribution in [0.15, 0.2) is 30.6 Å². The van der Waals surface area contributed by atoms with Crippen LogP contribution in [0.2, 0.25) is 0 Å². The van der Waals surface area contributed by atoms with E-state index in [4.69, 9.17) is 5.73 Å². The molecule has 2 heterocycles. The Kier molecular flexibility index (Phi) is 3.27. The van der Waals surface area contributed by atoms with Crippen LogP contribution in [0.25, 0.3) is 0 Å². The number of hydrogen-bond acceptors (Lipinski definition) is 4. The highest BCUT2D eigenvalue weighted by Crippen LogP contribution is 2.16. The second-order valence-corrected chi connectivity index (χ2v) is 4.16. The number of aryl methyl sites for hydroxylation is 1. The van der Waals surface area contributed by atoms with Crippen LogP contribution in [0.5, 0.6) is 0 Å². The highest BCUT2D eigenvalue weighted by atomic mass is 15.3. The maximum Gasteiger partial charge on any atom is 0.149 e. The van der Waals surface area contributed by atoms with Gasteiger partial charge >= 0.3 is 0 Å². The van der Waals surface area contributed by atoms with E-state index >= 15 is 0 Å². The number of nitrogens with one attached hydrogen (secondary N) is 1. The van der Waals surface area contributed by atoms with Crippen molar-refractivity contribution >= 4 is 11.5 Å². The number of hydrogen-bond donors (Lipinski definition) is 2. The molecule has 0 saturated carbocycles. The molecule has 0 spiro atoms. The lowest BCUT2D eigenvalue weighted by Crippen LogP contribution is -2.23. The number of nitrogen functional groups attached to an aromatic ring is 1. The van der Waals surface area contributed by atoms with Crippen LogP contribution in [-0.2, 0) is 6.54 Å². The zero-order valence-corrected chi connectivity index (χ0v) is 10.1. The fourth-order valence-electron chi connectivity index (χ4n) is 1.65. The molecule has 0 amide bonds. The summed E-state index contributed by atoms with van der Waals surface area (Å²) in [7, 11) is 0. The molecule has 2 rings (SSSR count). The van der Waals surface area contributed by atoms with E-state index in [1.165, 1.54) is 0 Å². The highest BCUT2D eigenvalue weighted by molar-refractivity contribution is 5.61. The zero-order valence-electron chi connectivity index (χ0n) is 10.1. The fraction of sp³-hybridized carbons (Fsp3) is 0.333. The molecule has 1 unspecified atom stereocenters. The molecule has 0 fully saturated rings. The van der Waals surface area contributed by atoms with Crippen LogP contribution in [0.4, 0.5) is 11.5 Å². The summed E-state index contributed by atoms with van der Waals surface area (Å²) in [5, 5.41) is 7.46. The molecule has 0 radical (unpaired) electrons. The van der Waals surface area contributed by atoms with Gasteiger partial charge in [0.15, 0.2) is 0 Å². The second-order valence-electron chi connectivity index (χ2n) is 4.16. The summed E-state index contributed by atoms with van der Waals surface area (Å²) in [6.45, 7) is 4.80. The SMILES string of the molecule is Cc1ccc(N)c(NC(C)Cn2cccn2)n1. The van der Waals surface area contributed by atoms with Gasteiger partial charge in [-0.1, -0.05) is 0 Å². The Balaban J connectivity index is 2.02. The molecule has 5 heteroatoms. The first-order valence-electron chi connectivity index (χ1n) is 5.62. The summed E-state index contributed by atoms with van der Waals surface area (Å²) in [5.41, 5.74) is 7.48. The van der Waals surface area contributed by atoms with Gasteiger partial charge in [0.05, 0.1) is 12.2 Å². The van der Waals surface area contributed by atoms with E-state index in [-0.39, 0.29) is 6.04 Å². The quantitative estimate of drug-likeness (QED) is 0.839. The first-order valence-corrected chi connectivity index (χ1v) is 5.62. The lowest BCUT2D eigenvalue weighted by molar-refractivity contribution is 0.560. The van der Waals surface area contributed by atoms with Crippen LogP contribution in [0.3, 0.4) is 0 Å². The van der Waals surface area contributed by atoms with E-state index < -0.39 is 0 Å². The molecule has 0 aliphatic rings. The lowest BCUT2D eigenvalue weighted by atomic mass is 10.3. The molecule has 0 saturated heterocycles. The third kappa shape index (κ3) is 2.96. The lowest BCUT2D eigenvalue weighted by Gasteiger charge is -2.16. The highest BCUT2D eigenvalue weighted by Gasteiger charge is 2.07. The molecule has 17 heavy (non-hydrogen) atoms. The van der Waals surface area contributed by atoms with Crippen molar-refractivity contribution in [1.29, 1.82) is 0 Å². The van der Waals surface area contributed by atoms with Gasteiger partial charge in [0, 0.05) is 24.1 Å². The standard InChI is InChI=1S/C12H17N5/c1-9-4-5-11(13)12(15-9)16-10(2)8-17-7-3-6-14-17/h3-7,10H,8,13H2,1-2H3,(H,15,16). The van der Waals surface area contributed by atoms with Crippen molar-refractivity contribution in [2.24, 2.45) is 0 Å². The molecule has 1 atom stereocenters. The van der Waals surface area contributed by atoms with Crippen LogP contribution in [0.1, 0.15) is 12.6 Å². The Labute approximate surface area is 101 Å². The Morgan fingerprint density at radius 2 is 2.29 bits per heavy atom. The Bertz CT molecular complexity index is 478. The van der Waals surface area contributed by atoms with Crippen molar-refractivity contribution in [1.82, 2.24) is 14.8 Å². The molecular formula is C12H17N5. The molecule has 0 aliphatic carbocycles. The summed E-state index contributed by atoms with van der Waals surface area (Å²) in [5.74, 6) is 0.740. The zero-order chi connectivity index (χ0) is 12.3. The van der Waals surface area contributed by atoms with Gasteiger partial charge in [-0.05, 0) is 32.0 Å². The minimum Gasteiger partial charge on any atom is -0.396 e. The summed E-state index contributed by atoms with van der Waals surface area (Å²) < 4.78 is 1.88. The normalized spacial score (nSPS) is 12.4. The van der Waals surface area contributed by atoms with Gasteiger partial charge in [0.25, 0.3) is 0 Å². The molecule has 2 aromatic heterocycles. The van der Waals surface area contributed by atoms with E-state index in [2.05, 4.69) is 22.3 Å². The van der Waals surface area contributed by atoms with E-state index in [0.29, 0.717) is 5.69 Å². The number of nitrogens with zero attached hydrogens (tertiary/aromatic N) is 3. The molecular weight excluding hydrogens is 214 g/mol. The van der Waals surface area contributed by atoms with E-state index in [1.807, 2.05) is 36.0 Å². The van der Waals surface area contributed by atoms with Crippen molar-refractivity contribution < 1.29 is 0 Å². The van der Waals surface area contributed by atoms with Crippen molar-refractivity contribution in [3.63, 3.8) is 0 Å². The monoisotopic (exact) mass is 231 g/mol. The van der Waals surface area contributed by atoms with Gasteiger partial charge in [0.2, 0.25) is 0 Å². The maximum absolute atomic E-state index is 5.86. The number of pyridine rings is 1. The van der Waals surface area contributed by atoms with Crippen LogP contribution in [-0.4, -0.2) is 20.8 Å². The Hall–Kier alpha value is -2.04. The molecule has 0 bridgehead atoms.